The van der Waals surface area contributed by atoms with Crippen LogP contribution in [0.25, 0.3) is 11.1 Å². The van der Waals surface area contributed by atoms with Crippen molar-refractivity contribution in [2.75, 3.05) is 19.7 Å². The molecule has 0 saturated carbocycles. The van der Waals surface area contributed by atoms with Crippen LogP contribution in [0, 0.1) is 11.8 Å². The number of nitrogens with one attached hydrogen (secondary N) is 2. The number of benzene rings is 2. The summed E-state index contributed by atoms with van der Waals surface area (Å²) in [7, 11) is 0. The first-order valence-electron chi connectivity index (χ1n) is 11.9. The van der Waals surface area contributed by atoms with E-state index in [2.05, 4.69) is 48.7 Å². The lowest BCUT2D eigenvalue weighted by Crippen LogP contribution is -2.34. The number of hydrogen-bond acceptors (Lipinski definition) is 4. The van der Waals surface area contributed by atoms with E-state index in [1.807, 2.05) is 24.3 Å². The summed E-state index contributed by atoms with van der Waals surface area (Å²) in [5.74, 6) is -0.667. The molecular weight excluding hydrogens is 432 g/mol. The van der Waals surface area contributed by atoms with Gasteiger partial charge in [0.2, 0.25) is 5.91 Å². The molecule has 0 fully saturated rings. The molecule has 0 heterocycles. The summed E-state index contributed by atoms with van der Waals surface area (Å²) in [5, 5.41) is 14.3. The second kappa shape index (κ2) is 12.2. The minimum Gasteiger partial charge on any atom is -0.481 e. The standard InChI is InChI=1S/C27H34N2O5/c1-18(2)14-19(15-25(30)28-13-7-12-26(31)32)16-29-27(33)34-17-24-22-10-5-3-8-20(22)21-9-4-6-11-23(21)24/h3-6,8-11,18-19,24H,7,12-17H2,1-2H3,(H,28,30)(H,29,33)(H,31,32)/t19-/m0/s1. The van der Waals surface area contributed by atoms with Crippen LogP contribution in [0.3, 0.4) is 0 Å². The maximum atomic E-state index is 12.5. The first-order valence-corrected chi connectivity index (χ1v) is 11.9. The third-order valence-electron chi connectivity index (χ3n) is 6.05. The van der Waals surface area contributed by atoms with Crippen molar-refractivity contribution in [1.29, 1.82) is 0 Å². The average molecular weight is 467 g/mol. The van der Waals surface area contributed by atoms with E-state index in [-0.39, 0.29) is 37.2 Å². The van der Waals surface area contributed by atoms with E-state index in [9.17, 15) is 14.4 Å². The zero-order valence-electron chi connectivity index (χ0n) is 19.9. The third-order valence-corrected chi connectivity index (χ3v) is 6.05. The number of carboxylic acids is 1. The Morgan fingerprint density at radius 2 is 1.59 bits per heavy atom. The van der Waals surface area contributed by atoms with E-state index in [0.29, 0.717) is 25.4 Å². The van der Waals surface area contributed by atoms with Crippen molar-refractivity contribution >= 4 is 18.0 Å². The molecule has 1 aliphatic carbocycles. The van der Waals surface area contributed by atoms with Crippen LogP contribution in [-0.4, -0.2) is 42.8 Å². The van der Waals surface area contributed by atoms with E-state index in [1.54, 1.807) is 0 Å². The molecule has 3 N–H and O–H groups in total. The van der Waals surface area contributed by atoms with Crippen molar-refractivity contribution in [3.05, 3.63) is 59.7 Å². The monoisotopic (exact) mass is 466 g/mol. The van der Waals surface area contributed by atoms with Gasteiger partial charge in [0.1, 0.15) is 6.61 Å². The topological polar surface area (TPSA) is 105 Å². The lowest BCUT2D eigenvalue weighted by Gasteiger charge is -2.20. The van der Waals surface area contributed by atoms with Gasteiger partial charge in [-0.2, -0.15) is 0 Å². The van der Waals surface area contributed by atoms with Gasteiger partial charge >= 0.3 is 12.1 Å². The Kier molecular flexibility index (Phi) is 9.08. The van der Waals surface area contributed by atoms with Crippen LogP contribution in [0.2, 0.25) is 0 Å². The number of carbonyl (C=O) groups excluding carboxylic acids is 2. The van der Waals surface area contributed by atoms with Gasteiger partial charge in [0.15, 0.2) is 0 Å². The molecule has 3 rings (SSSR count). The van der Waals surface area contributed by atoms with E-state index in [1.165, 1.54) is 11.1 Å². The predicted octanol–water partition coefficient (Wildman–Crippen LogP) is 4.56. The van der Waals surface area contributed by atoms with Gasteiger partial charge in [0, 0.05) is 31.8 Å². The molecule has 0 radical (unpaired) electrons. The molecule has 0 bridgehead atoms. The number of ether oxygens (including phenoxy) is 1. The molecule has 34 heavy (non-hydrogen) atoms. The van der Waals surface area contributed by atoms with Gasteiger partial charge in [-0.3, -0.25) is 9.59 Å². The predicted molar refractivity (Wildman–Crippen MR) is 131 cm³/mol. The number of carbonyl (C=O) groups is 3. The van der Waals surface area contributed by atoms with Crippen LogP contribution >= 0.6 is 0 Å². The van der Waals surface area contributed by atoms with Crippen molar-refractivity contribution in [3.8, 4) is 11.1 Å². The highest BCUT2D eigenvalue weighted by Crippen LogP contribution is 2.44. The first-order chi connectivity index (χ1) is 16.3. The number of hydrogen-bond donors (Lipinski definition) is 3. The molecule has 2 aromatic carbocycles. The van der Waals surface area contributed by atoms with Gasteiger partial charge in [-0.1, -0.05) is 62.4 Å². The first kappa shape index (κ1) is 25.3. The van der Waals surface area contributed by atoms with Crippen LogP contribution in [0.5, 0.6) is 0 Å². The van der Waals surface area contributed by atoms with Crippen molar-refractivity contribution < 1.29 is 24.2 Å². The highest BCUT2D eigenvalue weighted by molar-refractivity contribution is 5.79. The molecule has 1 atom stereocenters. The normalized spacial score (nSPS) is 13.1. The van der Waals surface area contributed by atoms with Gasteiger partial charge in [0.05, 0.1) is 0 Å². The quantitative estimate of drug-likeness (QED) is 0.398. The summed E-state index contributed by atoms with van der Waals surface area (Å²) in [6.07, 6.45) is 0.992. The Morgan fingerprint density at radius 1 is 0.971 bits per heavy atom. The van der Waals surface area contributed by atoms with Crippen molar-refractivity contribution in [2.45, 2.75) is 45.4 Å². The van der Waals surface area contributed by atoms with Crippen LogP contribution < -0.4 is 10.6 Å². The molecule has 182 valence electrons. The van der Waals surface area contributed by atoms with E-state index in [0.717, 1.165) is 17.5 Å². The fraction of sp³-hybridized carbons (Fsp3) is 0.444. The Morgan fingerprint density at radius 3 is 2.18 bits per heavy atom. The summed E-state index contributed by atoms with van der Waals surface area (Å²) in [6.45, 7) is 5.08. The molecule has 0 unspecified atom stereocenters. The number of fused-ring (bicyclic) bond motifs is 3. The van der Waals surface area contributed by atoms with Gasteiger partial charge in [0.25, 0.3) is 0 Å². The Bertz CT molecular complexity index is 959. The van der Waals surface area contributed by atoms with Crippen molar-refractivity contribution in [2.24, 2.45) is 11.8 Å². The second-order valence-corrected chi connectivity index (χ2v) is 9.25. The van der Waals surface area contributed by atoms with E-state index >= 15 is 0 Å². The summed E-state index contributed by atoms with van der Waals surface area (Å²) in [6, 6.07) is 16.4. The zero-order valence-corrected chi connectivity index (χ0v) is 19.9. The maximum Gasteiger partial charge on any atom is 0.407 e. The molecule has 7 nitrogen and oxygen atoms in total. The minimum atomic E-state index is -0.876. The Hall–Kier alpha value is -3.35. The number of carboxylic acid groups (broad SMARTS) is 1. The van der Waals surface area contributed by atoms with E-state index < -0.39 is 12.1 Å². The summed E-state index contributed by atoms with van der Waals surface area (Å²) in [5.41, 5.74) is 4.68. The zero-order chi connectivity index (χ0) is 24.5. The number of amides is 2. The number of aliphatic carboxylic acids is 1. The van der Waals surface area contributed by atoms with Crippen molar-refractivity contribution in [1.82, 2.24) is 10.6 Å². The fourth-order valence-electron chi connectivity index (χ4n) is 4.58. The molecule has 0 spiro atoms. The van der Waals surface area contributed by atoms with Crippen LogP contribution in [-0.2, 0) is 14.3 Å². The molecule has 7 heteroatoms. The fourth-order valence-corrected chi connectivity index (χ4v) is 4.58. The van der Waals surface area contributed by atoms with Gasteiger partial charge in [-0.15, -0.1) is 0 Å². The molecule has 0 saturated heterocycles. The minimum absolute atomic E-state index is 0.00110. The van der Waals surface area contributed by atoms with Crippen LogP contribution in [0.4, 0.5) is 4.79 Å². The average Bonchev–Trinajstić information content (AvgIpc) is 3.12. The van der Waals surface area contributed by atoms with Gasteiger partial charge in [-0.05, 0) is 46.9 Å². The van der Waals surface area contributed by atoms with Gasteiger partial charge in [-0.25, -0.2) is 4.79 Å². The molecule has 2 amide bonds. The Labute approximate surface area is 200 Å². The van der Waals surface area contributed by atoms with Crippen molar-refractivity contribution in [3.63, 3.8) is 0 Å². The SMILES string of the molecule is CC(C)C[C@H](CNC(=O)OCC1c2ccccc2-c2ccccc21)CC(=O)NCCCC(=O)O. The summed E-state index contributed by atoms with van der Waals surface area (Å²) < 4.78 is 5.60. The molecule has 0 aliphatic heterocycles. The Balaban J connectivity index is 1.49. The lowest BCUT2D eigenvalue weighted by atomic mass is 9.93. The maximum absolute atomic E-state index is 12.5. The third kappa shape index (κ3) is 7.07. The summed E-state index contributed by atoms with van der Waals surface area (Å²) >= 11 is 0. The molecule has 0 aromatic heterocycles. The van der Waals surface area contributed by atoms with Crippen LogP contribution in [0.1, 0.15) is 56.6 Å². The lowest BCUT2D eigenvalue weighted by molar-refractivity contribution is -0.137. The summed E-state index contributed by atoms with van der Waals surface area (Å²) in [4.78, 5) is 35.3. The van der Waals surface area contributed by atoms with Gasteiger partial charge < -0.3 is 20.5 Å². The highest BCUT2D eigenvalue weighted by atomic mass is 16.5. The highest BCUT2D eigenvalue weighted by Gasteiger charge is 2.29. The molecular formula is C27H34N2O5. The molecule has 2 aromatic rings. The molecule has 1 aliphatic rings. The second-order valence-electron chi connectivity index (χ2n) is 9.25. The van der Waals surface area contributed by atoms with Crippen LogP contribution in [0.15, 0.2) is 48.5 Å². The number of rotatable bonds is 12. The largest absolute Gasteiger partial charge is 0.481 e. The van der Waals surface area contributed by atoms with E-state index in [4.69, 9.17) is 9.84 Å². The smallest absolute Gasteiger partial charge is 0.407 e. The number of alkyl carbamates (subject to hydrolysis) is 1.